The fourth-order valence-corrected chi connectivity index (χ4v) is 7.79. The maximum atomic E-state index is 10.8. The lowest BCUT2D eigenvalue weighted by molar-refractivity contribution is 0.112. The SMILES string of the molecule is CCCCN(CCCC)c1ccc(/C=C/c2ccc(/C=C/C#N)s2)c(OC)c1.CCCCN(CCCC)c1ccc(/C=C/c2ccc(C=O)s2)c(OC)c1.CP(C)(=O)CC#N. The van der Waals surface area contributed by atoms with E-state index >= 15 is 0 Å². The third kappa shape index (κ3) is 20.5. The Morgan fingerprint density at radius 3 is 1.31 bits per heavy atom. The highest BCUT2D eigenvalue weighted by molar-refractivity contribution is 7.62. The molecule has 0 fully saturated rings. The van der Waals surface area contributed by atoms with Gasteiger partial charge in [0.2, 0.25) is 0 Å². The Morgan fingerprint density at radius 2 is 1.00 bits per heavy atom. The van der Waals surface area contributed by atoms with Crippen molar-refractivity contribution in [3.8, 4) is 23.6 Å². The van der Waals surface area contributed by atoms with Crippen LogP contribution in [0.3, 0.4) is 0 Å². The molecule has 8 nitrogen and oxygen atoms in total. The molecule has 11 heteroatoms. The van der Waals surface area contributed by atoms with E-state index in [2.05, 4.69) is 92.1 Å². The second-order valence-electron chi connectivity index (χ2n) is 14.9. The number of carbonyl (C=O) groups excluding carboxylic acids is 1. The van der Waals surface area contributed by atoms with E-state index in [0.717, 1.165) is 74.6 Å². The van der Waals surface area contributed by atoms with Crippen molar-refractivity contribution in [3.63, 3.8) is 0 Å². The molecule has 4 aromatic rings. The minimum Gasteiger partial charge on any atom is -0.496 e. The van der Waals surface area contributed by atoms with Crippen molar-refractivity contribution in [1.29, 1.82) is 10.5 Å². The van der Waals surface area contributed by atoms with Gasteiger partial charge in [0.15, 0.2) is 6.29 Å². The maximum absolute atomic E-state index is 10.8. The van der Waals surface area contributed by atoms with Crippen molar-refractivity contribution in [3.05, 3.63) is 97.4 Å². The van der Waals surface area contributed by atoms with E-state index in [1.165, 1.54) is 80.2 Å². The molecule has 0 N–H and O–H groups in total. The molecule has 0 amide bonds. The number of benzene rings is 2. The van der Waals surface area contributed by atoms with Crippen LogP contribution in [0.1, 0.15) is 114 Å². The van der Waals surface area contributed by atoms with Gasteiger partial charge in [-0.3, -0.25) is 4.79 Å². The van der Waals surface area contributed by atoms with E-state index in [9.17, 15) is 9.36 Å². The molecule has 2 aromatic carbocycles. The molecule has 0 radical (unpaired) electrons. The summed E-state index contributed by atoms with van der Waals surface area (Å²) in [5, 5.41) is 16.6. The van der Waals surface area contributed by atoms with Gasteiger partial charge in [-0.15, -0.1) is 22.7 Å². The molecular formula is C50H67N4O4PS2. The minimum absolute atomic E-state index is 0.201. The number of carbonyl (C=O) groups is 1. The van der Waals surface area contributed by atoms with Crippen LogP contribution < -0.4 is 19.3 Å². The summed E-state index contributed by atoms with van der Waals surface area (Å²) in [5.74, 6) is 1.77. The van der Waals surface area contributed by atoms with E-state index in [-0.39, 0.29) is 6.16 Å². The zero-order valence-electron chi connectivity index (χ0n) is 37.7. The fraction of sp³-hybridized carbons (Fsp3) is 0.420. The Balaban J connectivity index is 0.000000364. The van der Waals surface area contributed by atoms with Crippen LogP contribution in [-0.2, 0) is 4.57 Å². The van der Waals surface area contributed by atoms with Gasteiger partial charge in [0.1, 0.15) is 11.5 Å². The first-order valence-corrected chi connectivity index (χ1v) is 25.7. The number of thiophene rings is 2. The molecule has 0 aliphatic carbocycles. The van der Waals surface area contributed by atoms with Gasteiger partial charge in [0.25, 0.3) is 0 Å². The van der Waals surface area contributed by atoms with Crippen LogP contribution in [0.15, 0.2) is 66.7 Å². The van der Waals surface area contributed by atoms with Crippen molar-refractivity contribution >= 4 is 77.9 Å². The number of unbranched alkanes of at least 4 members (excludes halogenated alkanes) is 4. The number of anilines is 2. The van der Waals surface area contributed by atoms with Gasteiger partial charge in [0, 0.05) is 81.5 Å². The lowest BCUT2D eigenvalue weighted by atomic mass is 10.1. The molecule has 0 saturated carbocycles. The summed E-state index contributed by atoms with van der Waals surface area (Å²) in [4.78, 5) is 19.8. The molecule has 2 aromatic heterocycles. The standard InChI is InChI=1S/C24H30N2OS.C22H29NO2S.C4H8NOP/c1-4-6-17-26(18-7-5-2)21-12-10-20(24(19-21)27-3)11-13-23-15-14-22(28-23)9-8-16-25;1-4-6-14-23(15-7-5-2)19-10-8-18(22(16-19)25-3)9-11-20-12-13-21(17-24)26-20;1-7(2,6)4-3-5/h8-15,19H,4-7,17-18H2,1-3H3;8-13,16-17H,4-7,14-15H2,1-3H3;4H2,1-2H3/b9-8+,13-11+;11-9+;. The molecule has 0 bridgehead atoms. The zero-order chi connectivity index (χ0) is 44.9. The van der Waals surface area contributed by atoms with Crippen LogP contribution in [0.5, 0.6) is 11.5 Å². The predicted molar refractivity (Wildman–Crippen MR) is 267 cm³/mol. The summed E-state index contributed by atoms with van der Waals surface area (Å²) in [6, 6.07) is 24.7. The normalized spacial score (nSPS) is 11.0. The average Bonchev–Trinajstić information content (AvgIpc) is 3.94. The van der Waals surface area contributed by atoms with Crippen LogP contribution in [0.25, 0.3) is 30.4 Å². The minimum atomic E-state index is -2.03. The molecule has 0 atom stereocenters. The molecule has 0 unspecified atom stereocenters. The van der Waals surface area contributed by atoms with Crippen LogP contribution >= 0.6 is 29.8 Å². The number of nitrogens with zero attached hydrogens (tertiary/aromatic N) is 4. The topological polar surface area (TPSA) is 107 Å². The molecule has 2 heterocycles. The van der Waals surface area contributed by atoms with E-state index in [4.69, 9.17) is 20.0 Å². The van der Waals surface area contributed by atoms with E-state index < -0.39 is 7.14 Å². The number of hydrogen-bond acceptors (Lipinski definition) is 10. The summed E-state index contributed by atoms with van der Waals surface area (Å²) in [6.45, 7) is 16.5. The van der Waals surface area contributed by atoms with Gasteiger partial charge in [-0.2, -0.15) is 10.5 Å². The molecule has 0 spiro atoms. The number of allylic oxidation sites excluding steroid dienone is 1. The summed E-state index contributed by atoms with van der Waals surface area (Å²) >= 11 is 3.15. The third-order valence-corrected chi connectivity index (χ3v) is 12.2. The molecular weight excluding hydrogens is 816 g/mol. The number of aldehydes is 1. The van der Waals surface area contributed by atoms with Crippen LogP contribution in [0.4, 0.5) is 11.4 Å². The van der Waals surface area contributed by atoms with Crippen molar-refractivity contribution in [1.82, 2.24) is 0 Å². The Bertz CT molecular complexity index is 2080. The fourth-order valence-electron chi connectivity index (χ4n) is 5.91. The van der Waals surface area contributed by atoms with Gasteiger partial charge in [0.05, 0.1) is 44.5 Å². The number of ether oxygens (including phenoxy) is 2. The largest absolute Gasteiger partial charge is 0.496 e. The summed E-state index contributed by atoms with van der Waals surface area (Å²) in [5.41, 5.74) is 4.57. The summed E-state index contributed by atoms with van der Waals surface area (Å²) in [7, 11) is 1.42. The van der Waals surface area contributed by atoms with E-state index in [1.807, 2.05) is 48.6 Å². The van der Waals surface area contributed by atoms with Gasteiger partial charge >= 0.3 is 0 Å². The highest BCUT2D eigenvalue weighted by Gasteiger charge is 2.11. The maximum Gasteiger partial charge on any atom is 0.160 e. The van der Waals surface area contributed by atoms with Crippen molar-refractivity contribution in [2.45, 2.75) is 79.1 Å². The summed E-state index contributed by atoms with van der Waals surface area (Å²) in [6.07, 6.45) is 22.3. The van der Waals surface area contributed by atoms with Crippen LogP contribution in [0.2, 0.25) is 0 Å². The molecule has 0 aliphatic rings. The summed E-state index contributed by atoms with van der Waals surface area (Å²) < 4.78 is 21.9. The molecule has 0 saturated heterocycles. The monoisotopic (exact) mass is 882 g/mol. The van der Waals surface area contributed by atoms with Crippen molar-refractivity contribution in [2.75, 3.05) is 69.7 Å². The van der Waals surface area contributed by atoms with Gasteiger partial charge < -0.3 is 23.8 Å². The first-order valence-electron chi connectivity index (χ1n) is 21.3. The Kier molecular flexibility index (Phi) is 25.9. The van der Waals surface area contributed by atoms with Gasteiger partial charge in [-0.05, 0) is 118 Å². The van der Waals surface area contributed by atoms with Crippen LogP contribution in [0, 0.1) is 22.7 Å². The van der Waals surface area contributed by atoms with E-state index in [0.29, 0.717) is 0 Å². The Labute approximate surface area is 375 Å². The smallest absolute Gasteiger partial charge is 0.160 e. The Hall–Kier alpha value is -4.86. The highest BCUT2D eigenvalue weighted by Crippen LogP contribution is 2.34. The van der Waals surface area contributed by atoms with Gasteiger partial charge in [-0.1, -0.05) is 53.4 Å². The van der Waals surface area contributed by atoms with E-state index in [1.54, 1.807) is 38.9 Å². The van der Waals surface area contributed by atoms with Gasteiger partial charge in [-0.25, -0.2) is 0 Å². The number of methoxy groups -OCH3 is 2. The second-order valence-corrected chi connectivity index (χ2v) is 20.6. The first kappa shape index (κ1) is 52.3. The number of nitriles is 2. The molecule has 4 rings (SSSR count). The molecule has 61 heavy (non-hydrogen) atoms. The van der Waals surface area contributed by atoms with Crippen LogP contribution in [-0.4, -0.2) is 66.2 Å². The second kappa shape index (κ2) is 30.2. The Morgan fingerprint density at radius 1 is 0.607 bits per heavy atom. The molecule has 328 valence electrons. The lowest BCUT2D eigenvalue weighted by Gasteiger charge is -2.25. The first-order chi connectivity index (χ1) is 29.5. The average molecular weight is 883 g/mol. The van der Waals surface area contributed by atoms with Crippen molar-refractivity contribution < 1.29 is 18.8 Å². The van der Waals surface area contributed by atoms with Crippen molar-refractivity contribution in [2.24, 2.45) is 0 Å². The number of rotatable bonds is 23. The third-order valence-electron chi connectivity index (χ3n) is 9.33. The lowest BCUT2D eigenvalue weighted by Crippen LogP contribution is -2.25. The predicted octanol–water partition coefficient (Wildman–Crippen LogP) is 14.1. The number of hydrogen-bond donors (Lipinski definition) is 0. The highest BCUT2D eigenvalue weighted by atomic mass is 32.1. The quantitative estimate of drug-likeness (QED) is 0.0412. The molecule has 0 aliphatic heterocycles. The zero-order valence-corrected chi connectivity index (χ0v) is 40.2.